The number of anilines is 1. The number of hydrogen-bond donors (Lipinski definition) is 3. The van der Waals surface area contributed by atoms with Crippen molar-refractivity contribution >= 4 is 39.1 Å². The summed E-state index contributed by atoms with van der Waals surface area (Å²) in [4.78, 5) is 15.3. The van der Waals surface area contributed by atoms with E-state index in [1.54, 1.807) is 26.8 Å². The number of alkyl halides is 3. The van der Waals surface area contributed by atoms with E-state index in [0.29, 0.717) is 13.0 Å². The molecule has 3 heterocycles. The molecule has 38 heavy (non-hydrogen) atoms. The number of rotatable bonds is 10. The molecule has 0 bridgehead atoms. The third-order valence-corrected chi connectivity index (χ3v) is 8.87. The first kappa shape index (κ1) is 29.4. The summed E-state index contributed by atoms with van der Waals surface area (Å²) >= 11 is 9.53. The third kappa shape index (κ3) is 5.79. The van der Waals surface area contributed by atoms with Gasteiger partial charge in [-0.25, -0.2) is 17.6 Å². The molecule has 0 radical (unpaired) electrons. The Hall–Kier alpha value is -1.60. The fourth-order valence-electron chi connectivity index (χ4n) is 5.58. The van der Waals surface area contributed by atoms with Gasteiger partial charge in [-0.3, -0.25) is 9.69 Å². The van der Waals surface area contributed by atoms with Crippen molar-refractivity contribution in [3.8, 4) is 5.75 Å². The van der Waals surface area contributed by atoms with Crippen molar-refractivity contribution < 1.29 is 31.8 Å². The molecule has 0 saturated carbocycles. The minimum Gasteiger partial charge on any atom is -0.486 e. The lowest BCUT2D eigenvalue weighted by molar-refractivity contribution is -0.0141. The number of ether oxygens (including phenoxy) is 2. The summed E-state index contributed by atoms with van der Waals surface area (Å²) in [7, 11) is 0. The Morgan fingerprint density at radius 3 is 2.82 bits per heavy atom. The Labute approximate surface area is 232 Å². The molecule has 2 saturated heterocycles. The van der Waals surface area contributed by atoms with Crippen LogP contribution in [-0.2, 0) is 4.74 Å². The van der Waals surface area contributed by atoms with Crippen LogP contribution in [-0.4, -0.2) is 73.7 Å². The molecule has 4 rings (SSSR count). The van der Waals surface area contributed by atoms with Crippen LogP contribution in [0.3, 0.4) is 0 Å². The summed E-state index contributed by atoms with van der Waals surface area (Å²) in [5, 5.41) is 8.09. The van der Waals surface area contributed by atoms with Crippen LogP contribution >= 0.6 is 27.5 Å². The molecular formula is C25H32BrClF4N4O3. The summed E-state index contributed by atoms with van der Waals surface area (Å²) in [5.41, 5.74) is -0.0472. The van der Waals surface area contributed by atoms with Gasteiger partial charge in [0.1, 0.15) is 22.9 Å². The summed E-state index contributed by atoms with van der Waals surface area (Å²) in [6.07, 6.45) is -1.51. The van der Waals surface area contributed by atoms with E-state index in [2.05, 4.69) is 36.8 Å². The Balaban J connectivity index is 1.57. The van der Waals surface area contributed by atoms with Crippen LogP contribution in [0.25, 0.3) is 0 Å². The molecule has 2 fully saturated rings. The fraction of sp³-hybridized carbons (Fsp3) is 0.640. The quantitative estimate of drug-likeness (QED) is 0.188. The molecule has 212 valence electrons. The molecule has 7 nitrogen and oxygen atoms in total. The summed E-state index contributed by atoms with van der Waals surface area (Å²) in [5.74, 6) is -1.60. The normalized spacial score (nSPS) is 27.1. The molecule has 3 aliphatic heterocycles. The predicted molar refractivity (Wildman–Crippen MR) is 140 cm³/mol. The second-order valence-corrected chi connectivity index (χ2v) is 11.2. The van der Waals surface area contributed by atoms with E-state index in [-0.39, 0.29) is 33.1 Å². The van der Waals surface area contributed by atoms with Gasteiger partial charge in [-0.1, -0.05) is 23.3 Å². The second kappa shape index (κ2) is 11.9. The van der Waals surface area contributed by atoms with E-state index in [1.165, 1.54) is 0 Å². The summed E-state index contributed by atoms with van der Waals surface area (Å²) in [6, 6.07) is -0.625. The van der Waals surface area contributed by atoms with Gasteiger partial charge in [-0.15, -0.1) is 0 Å². The van der Waals surface area contributed by atoms with E-state index in [1.807, 2.05) is 0 Å². The first-order chi connectivity index (χ1) is 18.0. The minimum atomic E-state index is -2.58. The standard InChI is InChI=1S/C25H32BrClF4N4O3/c1-4-12(2)20(32-9-15(29)30)13(3)38-22-16-21(19(31)17(26)18(22)27)33-24(34-23(16)36)37-11-25-6-5-7-35(25)10-14(28)8-25/h4,13-15,20,24,32-33H,5-11H2,1-3H3,(H,34,36)/b12-4+/t13?,14?,20?,24?,25-/m0/s1. The summed E-state index contributed by atoms with van der Waals surface area (Å²) in [6.45, 7) is 5.91. The van der Waals surface area contributed by atoms with Gasteiger partial charge in [0.2, 0.25) is 6.35 Å². The minimum absolute atomic E-state index is 0.102. The first-order valence-electron chi connectivity index (χ1n) is 12.6. The molecule has 13 heteroatoms. The molecular weight excluding hydrogens is 596 g/mol. The molecule has 1 aromatic rings. The van der Waals surface area contributed by atoms with Gasteiger partial charge in [-0.05, 0) is 56.1 Å². The maximum atomic E-state index is 15.3. The van der Waals surface area contributed by atoms with Crippen LogP contribution in [0.1, 0.15) is 50.4 Å². The smallest absolute Gasteiger partial charge is 0.260 e. The SMILES string of the molecule is C/C=C(\C)C(NCC(F)F)C(C)Oc1c(Cl)c(Br)c(F)c2c1C(=O)NC(OC[C@@]13CCCN1CC(F)C3)N2. The number of allylic oxidation sites excluding steroid dienone is 1. The van der Waals surface area contributed by atoms with Crippen LogP contribution in [0.15, 0.2) is 16.1 Å². The highest BCUT2D eigenvalue weighted by atomic mass is 79.9. The number of amides is 1. The van der Waals surface area contributed by atoms with Gasteiger partial charge in [0.25, 0.3) is 12.3 Å². The largest absolute Gasteiger partial charge is 0.486 e. The molecule has 0 spiro atoms. The van der Waals surface area contributed by atoms with E-state index in [9.17, 15) is 18.0 Å². The Bertz CT molecular complexity index is 1100. The molecule has 1 aromatic carbocycles. The maximum Gasteiger partial charge on any atom is 0.260 e. The number of fused-ring (bicyclic) bond motifs is 2. The maximum absolute atomic E-state index is 15.3. The van der Waals surface area contributed by atoms with Crippen LogP contribution in [0.2, 0.25) is 5.02 Å². The van der Waals surface area contributed by atoms with Crippen molar-refractivity contribution in [2.45, 2.75) is 76.7 Å². The highest BCUT2D eigenvalue weighted by Gasteiger charge is 2.49. The Morgan fingerprint density at radius 1 is 1.39 bits per heavy atom. The zero-order valence-corrected chi connectivity index (χ0v) is 23.7. The van der Waals surface area contributed by atoms with Crippen LogP contribution in [0.4, 0.5) is 23.2 Å². The average Bonchev–Trinajstić information content (AvgIpc) is 3.39. The van der Waals surface area contributed by atoms with Crippen molar-refractivity contribution in [3.05, 3.63) is 32.5 Å². The monoisotopic (exact) mass is 626 g/mol. The number of hydrogen-bond acceptors (Lipinski definition) is 6. The number of nitrogens with zero attached hydrogens (tertiary/aromatic N) is 1. The van der Waals surface area contributed by atoms with E-state index in [4.69, 9.17) is 21.1 Å². The van der Waals surface area contributed by atoms with Gasteiger partial charge >= 0.3 is 0 Å². The number of halogens is 6. The van der Waals surface area contributed by atoms with Gasteiger partial charge in [0, 0.05) is 18.5 Å². The van der Waals surface area contributed by atoms with Gasteiger partial charge in [0.05, 0.1) is 29.4 Å². The Kier molecular flexibility index (Phi) is 9.18. The second-order valence-electron chi connectivity index (χ2n) is 10.0. The van der Waals surface area contributed by atoms with Gasteiger partial charge < -0.3 is 25.4 Å². The van der Waals surface area contributed by atoms with Crippen molar-refractivity contribution in [1.82, 2.24) is 15.5 Å². The highest BCUT2D eigenvalue weighted by Crippen LogP contribution is 2.45. The highest BCUT2D eigenvalue weighted by molar-refractivity contribution is 9.10. The molecule has 5 atom stereocenters. The number of carbonyl (C=O) groups is 1. The van der Waals surface area contributed by atoms with Crippen molar-refractivity contribution in [3.63, 3.8) is 0 Å². The van der Waals surface area contributed by atoms with E-state index >= 15 is 4.39 Å². The van der Waals surface area contributed by atoms with Crippen molar-refractivity contribution in [1.29, 1.82) is 0 Å². The molecule has 4 unspecified atom stereocenters. The van der Waals surface area contributed by atoms with Gasteiger partial charge in [0.15, 0.2) is 11.6 Å². The molecule has 0 aromatic heterocycles. The molecule has 3 N–H and O–H groups in total. The van der Waals surface area contributed by atoms with E-state index in [0.717, 1.165) is 25.0 Å². The molecule has 0 aliphatic carbocycles. The number of benzene rings is 1. The Morgan fingerprint density at radius 2 is 2.13 bits per heavy atom. The summed E-state index contributed by atoms with van der Waals surface area (Å²) < 4.78 is 67.1. The van der Waals surface area contributed by atoms with Crippen molar-refractivity contribution in [2.24, 2.45) is 0 Å². The van der Waals surface area contributed by atoms with Crippen LogP contribution in [0, 0.1) is 5.82 Å². The van der Waals surface area contributed by atoms with Crippen molar-refractivity contribution in [2.75, 3.05) is 31.6 Å². The lowest BCUT2D eigenvalue weighted by Crippen LogP contribution is -2.51. The van der Waals surface area contributed by atoms with Gasteiger partial charge in [-0.2, -0.15) is 0 Å². The third-order valence-electron chi connectivity index (χ3n) is 7.54. The number of nitrogens with one attached hydrogen (secondary N) is 3. The lowest BCUT2D eigenvalue weighted by Gasteiger charge is -2.36. The fourth-order valence-corrected chi connectivity index (χ4v) is 6.18. The molecule has 3 aliphatic rings. The number of carbonyl (C=O) groups excluding carboxylic acids is 1. The average molecular weight is 628 g/mol. The topological polar surface area (TPSA) is 74.9 Å². The zero-order chi connectivity index (χ0) is 27.8. The van der Waals surface area contributed by atoms with Crippen LogP contribution < -0.4 is 20.7 Å². The van der Waals surface area contributed by atoms with Crippen LogP contribution in [0.5, 0.6) is 5.75 Å². The molecule has 1 amide bonds. The predicted octanol–water partition coefficient (Wildman–Crippen LogP) is 5.23. The zero-order valence-electron chi connectivity index (χ0n) is 21.4. The lowest BCUT2D eigenvalue weighted by atomic mass is 9.95. The first-order valence-corrected chi connectivity index (χ1v) is 13.7. The van der Waals surface area contributed by atoms with E-state index < -0.39 is 54.9 Å².